The Hall–Kier alpha value is -2.54. The molecule has 1 aliphatic heterocycles. The molecule has 0 aliphatic carbocycles. The first-order valence-corrected chi connectivity index (χ1v) is 9.90. The molecule has 0 radical (unpaired) electrons. The Balaban J connectivity index is 2.01. The summed E-state index contributed by atoms with van der Waals surface area (Å²) in [5.74, 6) is 0.271. The molecule has 3 rings (SSSR count). The number of carbonyl (C=O) groups is 1. The van der Waals surface area contributed by atoms with Crippen molar-refractivity contribution in [3.63, 3.8) is 0 Å². The average molecular weight is 404 g/mol. The number of nitrogen functional groups attached to an aromatic ring is 1. The van der Waals surface area contributed by atoms with E-state index in [9.17, 15) is 9.18 Å². The SMILES string of the molecule is C=C1c2c(sc(N)c2C)N(CCc2cc(F)ccc2OC)C(=O)N1C(C)(C)C. The maximum Gasteiger partial charge on any atom is 0.330 e. The predicted octanol–water partition coefficient (Wildman–Crippen LogP) is 5.04. The predicted molar refractivity (Wildman–Crippen MR) is 113 cm³/mol. The number of rotatable bonds is 4. The summed E-state index contributed by atoms with van der Waals surface area (Å²) in [7, 11) is 1.55. The zero-order valence-corrected chi connectivity index (χ0v) is 17.7. The molecule has 0 bridgehead atoms. The molecule has 1 aromatic carbocycles. The Bertz CT molecular complexity index is 946. The van der Waals surface area contributed by atoms with Crippen LogP contribution in [-0.4, -0.2) is 30.1 Å². The number of anilines is 2. The molecule has 2 N–H and O–H groups in total. The molecule has 0 unspecified atom stereocenters. The van der Waals surface area contributed by atoms with E-state index in [0.717, 1.165) is 16.1 Å². The molecule has 1 aromatic heterocycles. The second-order valence-corrected chi connectivity index (χ2v) is 8.90. The van der Waals surface area contributed by atoms with Crippen LogP contribution in [0.4, 0.5) is 19.2 Å². The number of halogens is 1. The lowest BCUT2D eigenvalue weighted by Gasteiger charge is -2.44. The number of fused-ring (bicyclic) bond motifs is 1. The number of methoxy groups -OCH3 is 1. The lowest BCUT2D eigenvalue weighted by atomic mass is 9.99. The van der Waals surface area contributed by atoms with Gasteiger partial charge in [-0.3, -0.25) is 9.80 Å². The molecular formula is C21H26FN3O2S. The highest BCUT2D eigenvalue weighted by Crippen LogP contribution is 2.47. The van der Waals surface area contributed by atoms with Crippen molar-refractivity contribution in [2.24, 2.45) is 0 Å². The second-order valence-electron chi connectivity index (χ2n) is 7.86. The molecule has 150 valence electrons. The smallest absolute Gasteiger partial charge is 0.330 e. The van der Waals surface area contributed by atoms with Crippen LogP contribution in [0.1, 0.15) is 37.5 Å². The molecule has 0 spiro atoms. The van der Waals surface area contributed by atoms with E-state index in [2.05, 4.69) is 6.58 Å². The highest BCUT2D eigenvalue weighted by molar-refractivity contribution is 7.20. The van der Waals surface area contributed by atoms with E-state index in [1.165, 1.54) is 23.5 Å². The maximum atomic E-state index is 13.7. The zero-order chi connectivity index (χ0) is 20.8. The molecule has 2 amide bonds. The van der Waals surface area contributed by atoms with Crippen molar-refractivity contribution in [3.05, 3.63) is 47.3 Å². The van der Waals surface area contributed by atoms with Gasteiger partial charge in [-0.2, -0.15) is 0 Å². The van der Waals surface area contributed by atoms with Crippen molar-refractivity contribution in [2.45, 2.75) is 39.7 Å². The Morgan fingerprint density at radius 2 is 2.00 bits per heavy atom. The standard InChI is InChI=1S/C21H26FN3O2S/c1-12-17-13(2)25(21(3,4)5)20(26)24(19(17)28-18(12)23)10-9-14-11-15(22)7-8-16(14)27-6/h7-8,11H,2,9-10,23H2,1,3-6H3. The molecule has 7 heteroatoms. The third kappa shape index (κ3) is 3.35. The van der Waals surface area contributed by atoms with Crippen LogP contribution in [0.3, 0.4) is 0 Å². The van der Waals surface area contributed by atoms with Crippen LogP contribution < -0.4 is 15.4 Å². The van der Waals surface area contributed by atoms with E-state index in [0.29, 0.717) is 35.0 Å². The van der Waals surface area contributed by atoms with Gasteiger partial charge in [-0.1, -0.05) is 17.9 Å². The van der Waals surface area contributed by atoms with Crippen LogP contribution in [0.25, 0.3) is 5.70 Å². The lowest BCUT2D eigenvalue weighted by molar-refractivity contribution is 0.190. The minimum Gasteiger partial charge on any atom is -0.496 e. The minimum atomic E-state index is -0.441. The number of ether oxygens (including phenoxy) is 1. The van der Waals surface area contributed by atoms with E-state index in [1.807, 2.05) is 27.7 Å². The minimum absolute atomic E-state index is 0.151. The first-order valence-electron chi connectivity index (χ1n) is 9.08. The molecular weight excluding hydrogens is 377 g/mol. The summed E-state index contributed by atoms with van der Waals surface area (Å²) in [5, 5.41) is 1.46. The van der Waals surface area contributed by atoms with Gasteiger partial charge in [0, 0.05) is 23.3 Å². The summed E-state index contributed by atoms with van der Waals surface area (Å²) >= 11 is 1.38. The number of benzene rings is 1. The topological polar surface area (TPSA) is 58.8 Å². The van der Waals surface area contributed by atoms with E-state index in [-0.39, 0.29) is 11.8 Å². The summed E-state index contributed by atoms with van der Waals surface area (Å²) in [6, 6.07) is 4.26. The molecule has 5 nitrogen and oxygen atoms in total. The third-order valence-corrected chi connectivity index (χ3v) is 6.05. The fourth-order valence-electron chi connectivity index (χ4n) is 3.54. The van der Waals surface area contributed by atoms with Crippen LogP contribution in [0.2, 0.25) is 0 Å². The molecule has 0 saturated heterocycles. The molecule has 2 aromatic rings. The van der Waals surface area contributed by atoms with Gasteiger partial charge in [-0.25, -0.2) is 9.18 Å². The molecule has 1 aliphatic rings. The monoisotopic (exact) mass is 403 g/mol. The van der Waals surface area contributed by atoms with Crippen molar-refractivity contribution in [3.8, 4) is 5.75 Å². The lowest BCUT2D eigenvalue weighted by Crippen LogP contribution is -2.53. The van der Waals surface area contributed by atoms with Crippen LogP contribution in [0.15, 0.2) is 24.8 Å². The number of hydrogen-bond acceptors (Lipinski definition) is 4. The van der Waals surface area contributed by atoms with Gasteiger partial charge in [0.05, 0.1) is 12.1 Å². The third-order valence-electron chi connectivity index (χ3n) is 4.91. The Labute approximate surface area is 169 Å². The fourth-order valence-corrected chi connectivity index (χ4v) is 4.66. The second kappa shape index (κ2) is 7.13. The van der Waals surface area contributed by atoms with Gasteiger partial charge < -0.3 is 10.5 Å². The number of hydrogen-bond donors (Lipinski definition) is 1. The van der Waals surface area contributed by atoms with Crippen molar-refractivity contribution in [1.29, 1.82) is 0 Å². The molecule has 0 atom stereocenters. The zero-order valence-electron chi connectivity index (χ0n) is 16.9. The maximum absolute atomic E-state index is 13.7. The molecule has 0 saturated carbocycles. The van der Waals surface area contributed by atoms with Crippen LogP contribution in [-0.2, 0) is 6.42 Å². The van der Waals surface area contributed by atoms with Gasteiger partial charge in [-0.05, 0) is 63.4 Å². The number of nitrogens with two attached hydrogens (primary N) is 1. The number of thiophene rings is 1. The normalized spacial score (nSPS) is 14.5. The van der Waals surface area contributed by atoms with E-state index < -0.39 is 5.54 Å². The van der Waals surface area contributed by atoms with E-state index >= 15 is 0 Å². The summed E-state index contributed by atoms with van der Waals surface area (Å²) in [5.41, 5.74) is 8.94. The molecule has 2 heterocycles. The van der Waals surface area contributed by atoms with Gasteiger partial charge in [0.1, 0.15) is 16.6 Å². The van der Waals surface area contributed by atoms with Gasteiger partial charge in [0.25, 0.3) is 0 Å². The Morgan fingerprint density at radius 3 is 2.61 bits per heavy atom. The van der Waals surface area contributed by atoms with E-state index in [4.69, 9.17) is 10.5 Å². The Morgan fingerprint density at radius 1 is 1.32 bits per heavy atom. The van der Waals surface area contributed by atoms with Crippen LogP contribution in [0.5, 0.6) is 5.75 Å². The van der Waals surface area contributed by atoms with Gasteiger partial charge in [0.15, 0.2) is 0 Å². The van der Waals surface area contributed by atoms with Gasteiger partial charge in [0.2, 0.25) is 0 Å². The summed E-state index contributed by atoms with van der Waals surface area (Å²) in [6.07, 6.45) is 0.452. The fraction of sp³-hybridized carbons (Fsp3) is 0.381. The highest BCUT2D eigenvalue weighted by atomic mass is 32.1. The van der Waals surface area contributed by atoms with Crippen molar-refractivity contribution >= 4 is 33.1 Å². The number of carbonyl (C=O) groups excluding carboxylic acids is 1. The molecule has 28 heavy (non-hydrogen) atoms. The average Bonchev–Trinajstić information content (AvgIpc) is 2.89. The van der Waals surface area contributed by atoms with Crippen molar-refractivity contribution in [1.82, 2.24) is 4.90 Å². The summed E-state index contributed by atoms with van der Waals surface area (Å²) in [6.45, 7) is 12.4. The van der Waals surface area contributed by atoms with Crippen molar-refractivity contribution < 1.29 is 13.9 Å². The molecule has 0 fully saturated rings. The van der Waals surface area contributed by atoms with Gasteiger partial charge in [-0.15, -0.1) is 0 Å². The first kappa shape index (κ1) is 20.2. The number of urea groups is 1. The summed E-state index contributed by atoms with van der Waals surface area (Å²) < 4.78 is 19.1. The number of amides is 2. The van der Waals surface area contributed by atoms with Crippen LogP contribution in [0, 0.1) is 12.7 Å². The van der Waals surface area contributed by atoms with Crippen LogP contribution >= 0.6 is 11.3 Å². The Kier molecular flexibility index (Phi) is 5.14. The van der Waals surface area contributed by atoms with Crippen molar-refractivity contribution in [2.75, 3.05) is 24.3 Å². The highest BCUT2D eigenvalue weighted by Gasteiger charge is 2.41. The van der Waals surface area contributed by atoms with E-state index in [1.54, 1.807) is 23.0 Å². The summed E-state index contributed by atoms with van der Waals surface area (Å²) in [4.78, 5) is 16.8. The quantitative estimate of drug-likeness (QED) is 0.778. The van der Waals surface area contributed by atoms with Gasteiger partial charge >= 0.3 is 6.03 Å². The largest absolute Gasteiger partial charge is 0.496 e. The first-order chi connectivity index (χ1) is 13.1. The number of nitrogens with zero attached hydrogens (tertiary/aromatic N) is 2.